The third kappa shape index (κ3) is 1.80. The van der Waals surface area contributed by atoms with Crippen LogP contribution in [0, 0.1) is 24.0 Å². The van der Waals surface area contributed by atoms with Gasteiger partial charge in [0.15, 0.2) is 11.6 Å². The highest BCUT2D eigenvalue weighted by atomic mass is 19.2. The van der Waals surface area contributed by atoms with Crippen LogP contribution in [0.3, 0.4) is 0 Å². The molecular weight excluding hydrogens is 238 g/mol. The summed E-state index contributed by atoms with van der Waals surface area (Å²) < 4.78 is 26.5. The summed E-state index contributed by atoms with van der Waals surface area (Å²) in [7, 11) is 0. The molecule has 1 aromatic carbocycles. The van der Waals surface area contributed by atoms with Crippen LogP contribution in [0.2, 0.25) is 0 Å². The third-order valence-electron chi connectivity index (χ3n) is 2.81. The Morgan fingerprint density at radius 1 is 1.39 bits per heavy atom. The minimum atomic E-state index is -1.01. The van der Waals surface area contributed by atoms with Gasteiger partial charge in [-0.25, -0.2) is 8.78 Å². The van der Waals surface area contributed by atoms with E-state index in [1.54, 1.807) is 13.8 Å². The molecule has 0 unspecified atom stereocenters. The smallest absolute Gasteiger partial charge is 0.252 e. The fourth-order valence-corrected chi connectivity index (χ4v) is 1.94. The zero-order valence-corrected chi connectivity index (χ0v) is 10.1. The molecule has 1 amide bonds. The number of rotatable bonds is 1. The first-order valence-electron chi connectivity index (χ1n) is 5.39. The SMILES string of the molecule is C#CCN1C(=O)C(C)(C)Nc2cc(F)c(F)cc21. The van der Waals surface area contributed by atoms with Crippen molar-refractivity contribution in [1.29, 1.82) is 0 Å². The largest absolute Gasteiger partial charge is 0.370 e. The van der Waals surface area contributed by atoms with Gasteiger partial charge in [0.25, 0.3) is 5.91 Å². The van der Waals surface area contributed by atoms with Gasteiger partial charge in [0.1, 0.15) is 5.54 Å². The van der Waals surface area contributed by atoms with E-state index in [2.05, 4.69) is 11.2 Å². The number of nitrogens with one attached hydrogen (secondary N) is 1. The summed E-state index contributed by atoms with van der Waals surface area (Å²) in [6, 6.07) is 2.00. The number of terminal acetylenes is 1. The maximum atomic E-state index is 13.2. The number of amides is 1. The molecule has 1 aromatic rings. The van der Waals surface area contributed by atoms with Crippen LogP contribution in [-0.4, -0.2) is 18.0 Å². The Morgan fingerprint density at radius 2 is 2.00 bits per heavy atom. The Morgan fingerprint density at radius 3 is 2.61 bits per heavy atom. The van der Waals surface area contributed by atoms with E-state index in [9.17, 15) is 13.6 Å². The van der Waals surface area contributed by atoms with Gasteiger partial charge in [-0.3, -0.25) is 9.69 Å². The first-order valence-corrected chi connectivity index (χ1v) is 5.39. The summed E-state index contributed by atoms with van der Waals surface area (Å²) in [4.78, 5) is 13.4. The molecule has 0 aliphatic carbocycles. The van der Waals surface area contributed by atoms with Crippen LogP contribution in [0.15, 0.2) is 12.1 Å². The molecule has 1 aliphatic heterocycles. The quantitative estimate of drug-likeness (QED) is 0.774. The highest BCUT2D eigenvalue weighted by Crippen LogP contribution is 2.36. The van der Waals surface area contributed by atoms with Crippen LogP contribution < -0.4 is 10.2 Å². The van der Waals surface area contributed by atoms with Crippen LogP contribution >= 0.6 is 0 Å². The van der Waals surface area contributed by atoms with E-state index in [-0.39, 0.29) is 18.1 Å². The van der Waals surface area contributed by atoms with Gasteiger partial charge in [0.2, 0.25) is 0 Å². The molecule has 1 aliphatic rings. The number of halogens is 2. The molecule has 3 nitrogen and oxygen atoms in total. The van der Waals surface area contributed by atoms with Gasteiger partial charge in [-0.05, 0) is 13.8 Å². The topological polar surface area (TPSA) is 32.3 Å². The molecule has 1 heterocycles. The molecule has 0 radical (unpaired) electrons. The van der Waals surface area contributed by atoms with E-state index in [4.69, 9.17) is 6.42 Å². The summed E-state index contributed by atoms with van der Waals surface area (Å²) in [5.74, 6) is 0.0881. The number of anilines is 2. The average Bonchev–Trinajstić information content (AvgIpc) is 2.28. The first-order chi connectivity index (χ1) is 8.36. The lowest BCUT2D eigenvalue weighted by molar-refractivity contribution is -0.122. The highest BCUT2D eigenvalue weighted by Gasteiger charge is 2.38. The molecule has 0 fully saturated rings. The van der Waals surface area contributed by atoms with Crippen molar-refractivity contribution in [2.24, 2.45) is 0 Å². The molecule has 0 spiro atoms. The number of carbonyl (C=O) groups is 1. The van der Waals surface area contributed by atoms with Gasteiger partial charge in [0.05, 0.1) is 17.9 Å². The normalized spacial score (nSPS) is 16.8. The monoisotopic (exact) mass is 250 g/mol. The third-order valence-corrected chi connectivity index (χ3v) is 2.81. The Labute approximate surface area is 104 Å². The molecule has 0 bridgehead atoms. The molecule has 18 heavy (non-hydrogen) atoms. The van der Waals surface area contributed by atoms with Crippen molar-refractivity contribution >= 4 is 17.3 Å². The van der Waals surface area contributed by atoms with E-state index in [0.29, 0.717) is 5.69 Å². The second-order valence-electron chi connectivity index (χ2n) is 4.63. The summed E-state index contributed by atoms with van der Waals surface area (Å²) in [5, 5.41) is 2.88. The molecule has 1 N–H and O–H groups in total. The number of hydrogen-bond acceptors (Lipinski definition) is 2. The lowest BCUT2D eigenvalue weighted by atomic mass is 9.98. The maximum Gasteiger partial charge on any atom is 0.252 e. The first kappa shape index (κ1) is 12.4. The lowest BCUT2D eigenvalue weighted by Crippen LogP contribution is -2.54. The van der Waals surface area contributed by atoms with Crippen molar-refractivity contribution in [2.45, 2.75) is 19.4 Å². The average molecular weight is 250 g/mol. The number of fused-ring (bicyclic) bond motifs is 1. The number of carbonyl (C=O) groups excluding carboxylic acids is 1. The Kier molecular flexibility index (Phi) is 2.74. The Hall–Kier alpha value is -2.09. The number of nitrogens with zero attached hydrogens (tertiary/aromatic N) is 1. The number of hydrogen-bond donors (Lipinski definition) is 1. The molecular formula is C13H12F2N2O. The summed E-state index contributed by atoms with van der Waals surface area (Å²) in [6.07, 6.45) is 5.20. The standard InChI is InChI=1S/C13H12F2N2O/c1-4-5-17-11-7-9(15)8(14)6-10(11)16-13(2,3)12(17)18/h1,6-7,16H,5H2,2-3H3. The van der Waals surface area contributed by atoms with Crippen molar-refractivity contribution in [3.63, 3.8) is 0 Å². The van der Waals surface area contributed by atoms with Crippen molar-refractivity contribution in [1.82, 2.24) is 0 Å². The van der Waals surface area contributed by atoms with Crippen molar-refractivity contribution in [3.8, 4) is 12.3 Å². The van der Waals surface area contributed by atoms with Gasteiger partial charge in [-0.15, -0.1) is 6.42 Å². The van der Waals surface area contributed by atoms with Gasteiger partial charge < -0.3 is 5.32 Å². The minimum absolute atomic E-state index is 0.0159. The molecule has 0 saturated carbocycles. The summed E-state index contributed by atoms with van der Waals surface area (Å²) in [5.41, 5.74) is -0.293. The fraction of sp³-hybridized carbons (Fsp3) is 0.308. The van der Waals surface area contributed by atoms with E-state index in [1.807, 2.05) is 0 Å². The predicted octanol–water partition coefficient (Wildman–Crippen LogP) is 2.14. The molecule has 5 heteroatoms. The lowest BCUT2D eigenvalue weighted by Gasteiger charge is -2.39. The molecule has 0 atom stereocenters. The van der Waals surface area contributed by atoms with Crippen LogP contribution in [0.4, 0.5) is 20.2 Å². The second-order valence-corrected chi connectivity index (χ2v) is 4.63. The number of benzene rings is 1. The van der Waals surface area contributed by atoms with Crippen LogP contribution in [0.5, 0.6) is 0 Å². The van der Waals surface area contributed by atoms with E-state index >= 15 is 0 Å². The predicted molar refractivity (Wildman–Crippen MR) is 65.2 cm³/mol. The zero-order valence-electron chi connectivity index (χ0n) is 10.1. The molecule has 0 saturated heterocycles. The van der Waals surface area contributed by atoms with E-state index < -0.39 is 17.2 Å². The van der Waals surface area contributed by atoms with Gasteiger partial charge >= 0.3 is 0 Å². The fourth-order valence-electron chi connectivity index (χ4n) is 1.94. The van der Waals surface area contributed by atoms with Crippen LogP contribution in [-0.2, 0) is 4.79 Å². The van der Waals surface area contributed by atoms with Gasteiger partial charge in [0, 0.05) is 12.1 Å². The molecule has 2 rings (SSSR count). The van der Waals surface area contributed by atoms with Crippen LogP contribution in [0.1, 0.15) is 13.8 Å². The van der Waals surface area contributed by atoms with Gasteiger partial charge in [-0.2, -0.15) is 0 Å². The van der Waals surface area contributed by atoms with Crippen molar-refractivity contribution in [2.75, 3.05) is 16.8 Å². The summed E-state index contributed by atoms with van der Waals surface area (Å²) in [6.45, 7) is 3.33. The van der Waals surface area contributed by atoms with Crippen molar-refractivity contribution in [3.05, 3.63) is 23.8 Å². The highest BCUT2D eigenvalue weighted by molar-refractivity contribution is 6.07. The Bertz CT molecular complexity index is 561. The van der Waals surface area contributed by atoms with Gasteiger partial charge in [-0.1, -0.05) is 5.92 Å². The second kappa shape index (κ2) is 3.98. The van der Waals surface area contributed by atoms with Crippen molar-refractivity contribution < 1.29 is 13.6 Å². The maximum absolute atomic E-state index is 13.2. The van der Waals surface area contributed by atoms with E-state index in [0.717, 1.165) is 12.1 Å². The minimum Gasteiger partial charge on any atom is -0.370 e. The van der Waals surface area contributed by atoms with Crippen LogP contribution in [0.25, 0.3) is 0 Å². The Balaban J connectivity index is 2.60. The zero-order chi connectivity index (χ0) is 13.5. The molecule has 94 valence electrons. The van der Waals surface area contributed by atoms with E-state index in [1.165, 1.54) is 4.90 Å². The molecule has 0 aromatic heterocycles. The summed E-state index contributed by atoms with van der Waals surface area (Å²) >= 11 is 0.